The molecule has 1 unspecified atom stereocenters. The minimum Gasteiger partial charge on any atom is -0.295 e. The molecule has 1 aliphatic heterocycles. The number of rotatable bonds is 5. The highest BCUT2D eigenvalue weighted by Gasteiger charge is 2.27. The Hall–Kier alpha value is -1.91. The summed E-state index contributed by atoms with van der Waals surface area (Å²) in [6.07, 6.45) is 0.949. The van der Waals surface area contributed by atoms with E-state index in [0.29, 0.717) is 6.54 Å². The first-order valence-corrected chi connectivity index (χ1v) is 9.08. The topological polar surface area (TPSA) is 37.4 Å². The molecule has 0 N–H and O–H groups in total. The molecule has 1 atom stereocenters. The highest BCUT2D eigenvalue weighted by Crippen LogP contribution is 2.26. The molecular formula is C20H21NO2S. The van der Waals surface area contributed by atoms with E-state index in [1.807, 2.05) is 61.5 Å². The number of carbonyl (C=O) groups is 2. The molecule has 0 radical (unpaired) electrons. The molecule has 0 saturated carbocycles. The van der Waals surface area contributed by atoms with Crippen LogP contribution in [0.3, 0.4) is 0 Å². The van der Waals surface area contributed by atoms with Crippen molar-refractivity contribution in [3.8, 4) is 0 Å². The molecule has 3 rings (SSSR count). The minimum atomic E-state index is 0.118. The van der Waals surface area contributed by atoms with Crippen molar-refractivity contribution in [2.75, 3.05) is 19.6 Å². The van der Waals surface area contributed by atoms with E-state index >= 15 is 0 Å². The van der Waals surface area contributed by atoms with Crippen LogP contribution in [0.5, 0.6) is 0 Å². The fraction of sp³-hybridized carbons (Fsp3) is 0.300. The summed E-state index contributed by atoms with van der Waals surface area (Å²) in [7, 11) is 0. The largest absolute Gasteiger partial charge is 0.295 e. The van der Waals surface area contributed by atoms with Gasteiger partial charge in [-0.1, -0.05) is 71.9 Å². The van der Waals surface area contributed by atoms with Crippen molar-refractivity contribution in [3.63, 3.8) is 0 Å². The number of carbonyl (C=O) groups excluding carboxylic acids is 2. The summed E-state index contributed by atoms with van der Waals surface area (Å²) in [6, 6.07) is 17.1. The predicted octanol–water partition coefficient (Wildman–Crippen LogP) is 3.83. The van der Waals surface area contributed by atoms with Gasteiger partial charge in [0.1, 0.15) is 0 Å². The standard InChI is InChI=1S/C20H21NO2S/c1-15-7-9-16(10-8-15)19(22)14-21-12-11-18(13-21)24-20(23)17-5-3-2-4-6-17/h2-10,18H,11-14H2,1H3. The lowest BCUT2D eigenvalue weighted by molar-refractivity contribution is 0.0945. The Labute approximate surface area is 147 Å². The van der Waals surface area contributed by atoms with E-state index in [4.69, 9.17) is 0 Å². The predicted molar refractivity (Wildman–Crippen MR) is 98.7 cm³/mol. The number of Topliss-reactive ketones (excluding diaryl/α,β-unsaturated/α-hetero) is 1. The number of nitrogens with zero attached hydrogens (tertiary/aromatic N) is 1. The van der Waals surface area contributed by atoms with Gasteiger partial charge in [0.25, 0.3) is 0 Å². The SMILES string of the molecule is Cc1ccc(C(=O)CN2CCC(SC(=O)c3ccccc3)C2)cc1. The first kappa shape index (κ1) is 16.9. The number of hydrogen-bond donors (Lipinski definition) is 0. The highest BCUT2D eigenvalue weighted by molar-refractivity contribution is 8.14. The van der Waals surface area contributed by atoms with E-state index in [1.165, 1.54) is 11.8 Å². The number of hydrogen-bond acceptors (Lipinski definition) is 4. The van der Waals surface area contributed by atoms with Crippen LogP contribution in [0.4, 0.5) is 0 Å². The Kier molecular flexibility index (Phi) is 5.48. The van der Waals surface area contributed by atoms with Crippen molar-refractivity contribution in [2.45, 2.75) is 18.6 Å². The van der Waals surface area contributed by atoms with Gasteiger partial charge in [0.2, 0.25) is 5.12 Å². The number of likely N-dealkylation sites (tertiary alicyclic amines) is 1. The monoisotopic (exact) mass is 339 g/mol. The number of aryl methyl sites for hydroxylation is 1. The van der Waals surface area contributed by atoms with Gasteiger partial charge in [-0.2, -0.15) is 0 Å². The van der Waals surface area contributed by atoms with E-state index in [9.17, 15) is 9.59 Å². The molecule has 0 spiro atoms. The Morgan fingerprint density at radius 2 is 1.75 bits per heavy atom. The second kappa shape index (κ2) is 7.77. The normalized spacial score (nSPS) is 17.8. The van der Waals surface area contributed by atoms with Crippen LogP contribution in [-0.2, 0) is 0 Å². The van der Waals surface area contributed by atoms with Crippen molar-refractivity contribution >= 4 is 22.7 Å². The molecule has 0 bridgehead atoms. The molecule has 2 aromatic rings. The molecule has 1 heterocycles. The van der Waals surface area contributed by atoms with Crippen LogP contribution in [0.15, 0.2) is 54.6 Å². The van der Waals surface area contributed by atoms with Gasteiger partial charge in [0.15, 0.2) is 5.78 Å². The molecule has 0 aliphatic carbocycles. The first-order valence-electron chi connectivity index (χ1n) is 8.20. The van der Waals surface area contributed by atoms with Gasteiger partial charge in [-0.25, -0.2) is 0 Å². The Balaban J connectivity index is 1.51. The summed E-state index contributed by atoms with van der Waals surface area (Å²) in [5.74, 6) is 0.148. The fourth-order valence-electron chi connectivity index (χ4n) is 2.86. The third kappa shape index (κ3) is 4.34. The van der Waals surface area contributed by atoms with Crippen LogP contribution in [0.1, 0.15) is 32.7 Å². The summed E-state index contributed by atoms with van der Waals surface area (Å²) in [6.45, 7) is 4.11. The van der Waals surface area contributed by atoms with Crippen LogP contribution in [0.25, 0.3) is 0 Å². The Morgan fingerprint density at radius 1 is 1.04 bits per heavy atom. The van der Waals surface area contributed by atoms with Gasteiger partial charge in [0, 0.05) is 22.9 Å². The minimum absolute atomic E-state index is 0.118. The molecule has 124 valence electrons. The summed E-state index contributed by atoms with van der Waals surface area (Å²) in [5, 5.41) is 0.385. The van der Waals surface area contributed by atoms with E-state index in [1.54, 1.807) is 0 Å². The van der Waals surface area contributed by atoms with Crippen molar-refractivity contribution in [3.05, 3.63) is 71.3 Å². The fourth-order valence-corrected chi connectivity index (χ4v) is 3.95. The maximum atomic E-state index is 12.3. The van der Waals surface area contributed by atoms with E-state index in [0.717, 1.165) is 36.2 Å². The van der Waals surface area contributed by atoms with E-state index in [-0.39, 0.29) is 16.1 Å². The molecule has 3 nitrogen and oxygen atoms in total. The van der Waals surface area contributed by atoms with Gasteiger partial charge in [-0.3, -0.25) is 14.5 Å². The maximum absolute atomic E-state index is 12.3. The van der Waals surface area contributed by atoms with Crippen molar-refractivity contribution < 1.29 is 9.59 Å². The van der Waals surface area contributed by atoms with Crippen LogP contribution in [0.2, 0.25) is 0 Å². The summed E-state index contributed by atoms with van der Waals surface area (Å²) in [4.78, 5) is 26.8. The van der Waals surface area contributed by atoms with Crippen LogP contribution < -0.4 is 0 Å². The lowest BCUT2D eigenvalue weighted by Crippen LogP contribution is -2.28. The third-order valence-electron chi connectivity index (χ3n) is 4.25. The Bertz CT molecular complexity index is 712. The van der Waals surface area contributed by atoms with E-state index in [2.05, 4.69) is 4.90 Å². The smallest absolute Gasteiger partial charge is 0.219 e. The summed E-state index contributed by atoms with van der Waals surface area (Å²) >= 11 is 1.40. The van der Waals surface area contributed by atoms with E-state index < -0.39 is 0 Å². The molecule has 0 aromatic heterocycles. The lowest BCUT2D eigenvalue weighted by atomic mass is 10.1. The average Bonchev–Trinajstić information content (AvgIpc) is 3.03. The molecule has 1 saturated heterocycles. The van der Waals surface area contributed by atoms with Gasteiger partial charge in [0.05, 0.1) is 6.54 Å². The van der Waals surface area contributed by atoms with Crippen molar-refractivity contribution in [2.24, 2.45) is 0 Å². The molecule has 2 aromatic carbocycles. The van der Waals surface area contributed by atoms with Crippen LogP contribution >= 0.6 is 11.8 Å². The van der Waals surface area contributed by atoms with Gasteiger partial charge in [-0.05, 0) is 19.9 Å². The quantitative estimate of drug-likeness (QED) is 0.776. The number of ketones is 1. The Morgan fingerprint density at radius 3 is 2.46 bits per heavy atom. The molecule has 1 aliphatic rings. The number of thioether (sulfide) groups is 1. The van der Waals surface area contributed by atoms with Crippen molar-refractivity contribution in [1.29, 1.82) is 0 Å². The van der Waals surface area contributed by atoms with Gasteiger partial charge in [-0.15, -0.1) is 0 Å². The zero-order valence-corrected chi connectivity index (χ0v) is 14.6. The van der Waals surface area contributed by atoms with Crippen molar-refractivity contribution in [1.82, 2.24) is 4.90 Å². The third-order valence-corrected chi connectivity index (χ3v) is 5.42. The molecular weight excluding hydrogens is 318 g/mol. The lowest BCUT2D eigenvalue weighted by Gasteiger charge is -2.14. The average molecular weight is 339 g/mol. The second-order valence-corrected chi connectivity index (χ2v) is 7.48. The molecule has 0 amide bonds. The molecule has 1 fully saturated rings. The van der Waals surface area contributed by atoms with Gasteiger partial charge < -0.3 is 0 Å². The first-order chi connectivity index (χ1) is 11.6. The summed E-state index contributed by atoms with van der Waals surface area (Å²) < 4.78 is 0. The van der Waals surface area contributed by atoms with Crippen LogP contribution in [0, 0.1) is 6.92 Å². The summed E-state index contributed by atoms with van der Waals surface area (Å²) in [5.41, 5.74) is 2.66. The van der Waals surface area contributed by atoms with Gasteiger partial charge >= 0.3 is 0 Å². The second-order valence-electron chi connectivity index (χ2n) is 6.21. The zero-order valence-electron chi connectivity index (χ0n) is 13.8. The molecule has 24 heavy (non-hydrogen) atoms. The number of benzene rings is 2. The zero-order chi connectivity index (χ0) is 16.9. The maximum Gasteiger partial charge on any atom is 0.219 e. The van der Waals surface area contributed by atoms with Crippen LogP contribution in [-0.4, -0.2) is 40.7 Å². The highest BCUT2D eigenvalue weighted by atomic mass is 32.2. The molecule has 4 heteroatoms.